The van der Waals surface area contributed by atoms with Gasteiger partial charge in [0.1, 0.15) is 5.82 Å². The van der Waals surface area contributed by atoms with Crippen molar-refractivity contribution < 1.29 is 4.79 Å². The van der Waals surface area contributed by atoms with Crippen LogP contribution in [0.1, 0.15) is 46.7 Å². The van der Waals surface area contributed by atoms with Gasteiger partial charge in [0.05, 0.1) is 5.52 Å². The molecule has 34 heavy (non-hydrogen) atoms. The molecule has 0 radical (unpaired) electrons. The predicted molar refractivity (Wildman–Crippen MR) is 144 cm³/mol. The number of carbonyl (C=O) groups is 1. The zero-order chi connectivity index (χ0) is 22.5. The number of nitrogens with zero attached hydrogens (tertiary/aromatic N) is 2. The maximum atomic E-state index is 12.8. The third-order valence-corrected chi connectivity index (χ3v) is 6.66. The van der Waals surface area contributed by atoms with Crippen LogP contribution in [0.25, 0.3) is 10.9 Å². The quantitative estimate of drug-likeness (QED) is 0.235. The number of carbonyl (C=O) groups excluding carboxylic acids is 1. The average molecular weight is 525 g/mol. The molecular weight excluding hydrogens is 493 g/mol. The molecule has 184 valence electrons. The number of hydrogen-bond acceptors (Lipinski definition) is 6. The number of nitrogens with one attached hydrogen (secondary N) is 4. The van der Waals surface area contributed by atoms with Gasteiger partial charge in [-0.3, -0.25) is 10.2 Å². The van der Waals surface area contributed by atoms with Crippen molar-refractivity contribution in [2.24, 2.45) is 5.73 Å². The maximum absolute atomic E-state index is 12.8. The van der Waals surface area contributed by atoms with Crippen LogP contribution in [0.4, 0.5) is 5.82 Å². The zero-order valence-corrected chi connectivity index (χ0v) is 21.4. The van der Waals surface area contributed by atoms with E-state index in [1.54, 1.807) is 11.3 Å². The molecule has 1 aliphatic carbocycles. The van der Waals surface area contributed by atoms with Gasteiger partial charge in [-0.15, -0.1) is 36.2 Å². The Bertz CT molecular complexity index is 1110. The number of benzene rings is 1. The molecule has 4 rings (SSSR count). The van der Waals surface area contributed by atoms with Crippen molar-refractivity contribution in [2.45, 2.75) is 51.1 Å². The topological polar surface area (TPSA) is 129 Å². The molecule has 8 nitrogen and oxygen atoms in total. The molecule has 0 aliphatic heterocycles. The van der Waals surface area contributed by atoms with E-state index in [1.807, 2.05) is 36.6 Å². The maximum Gasteiger partial charge on any atom is 0.289 e. The number of anilines is 1. The van der Waals surface area contributed by atoms with Crippen LogP contribution in [0.5, 0.6) is 0 Å². The van der Waals surface area contributed by atoms with Crippen molar-refractivity contribution in [3.8, 4) is 0 Å². The Hall–Kier alpha value is -2.62. The molecule has 1 aliphatic rings. The van der Waals surface area contributed by atoms with Gasteiger partial charge in [0.2, 0.25) is 5.82 Å². The smallest absolute Gasteiger partial charge is 0.289 e. The van der Waals surface area contributed by atoms with Crippen LogP contribution in [-0.2, 0) is 6.42 Å². The van der Waals surface area contributed by atoms with Crippen LogP contribution in [0.2, 0.25) is 0 Å². The molecule has 1 saturated carbocycles. The summed E-state index contributed by atoms with van der Waals surface area (Å²) in [4.78, 5) is 23.2. The summed E-state index contributed by atoms with van der Waals surface area (Å²) >= 11 is 1.68. The van der Waals surface area contributed by atoms with Gasteiger partial charge in [-0.2, -0.15) is 0 Å². The molecule has 2 heterocycles. The Morgan fingerprint density at radius 2 is 1.94 bits per heavy atom. The number of amides is 1. The van der Waals surface area contributed by atoms with Crippen LogP contribution in [0.3, 0.4) is 0 Å². The average Bonchev–Trinajstić information content (AvgIpc) is 3.28. The van der Waals surface area contributed by atoms with Gasteiger partial charge in [-0.1, -0.05) is 30.5 Å². The fourth-order valence-corrected chi connectivity index (χ4v) is 4.85. The SMILES string of the molecule is Cc1ccc2nc(C(=O)NCCc3cccs3)nc(N[C@H]3CCCC[C@H]3NC(=N)N)c2c1.Cl.Cl. The summed E-state index contributed by atoms with van der Waals surface area (Å²) < 4.78 is 0. The molecule has 11 heteroatoms. The summed E-state index contributed by atoms with van der Waals surface area (Å²) in [5.74, 6) is 0.485. The van der Waals surface area contributed by atoms with Gasteiger partial charge in [0, 0.05) is 28.9 Å². The van der Waals surface area contributed by atoms with E-state index in [9.17, 15) is 4.79 Å². The number of halogens is 2. The van der Waals surface area contributed by atoms with Gasteiger partial charge in [-0.05, 0) is 49.8 Å². The molecule has 0 spiro atoms. The summed E-state index contributed by atoms with van der Waals surface area (Å²) in [6.45, 7) is 2.56. The summed E-state index contributed by atoms with van der Waals surface area (Å²) in [6.07, 6.45) is 4.82. The number of thiophene rings is 1. The van der Waals surface area contributed by atoms with Crippen LogP contribution in [0.15, 0.2) is 35.7 Å². The van der Waals surface area contributed by atoms with Crippen LogP contribution in [-0.4, -0.2) is 40.5 Å². The highest BCUT2D eigenvalue weighted by Crippen LogP contribution is 2.27. The minimum Gasteiger partial charge on any atom is -0.370 e. The van der Waals surface area contributed by atoms with E-state index in [-0.39, 0.29) is 54.6 Å². The number of aromatic nitrogens is 2. The Morgan fingerprint density at radius 1 is 1.18 bits per heavy atom. The summed E-state index contributed by atoms with van der Waals surface area (Å²) in [7, 11) is 0. The zero-order valence-electron chi connectivity index (χ0n) is 19.0. The minimum atomic E-state index is -0.283. The summed E-state index contributed by atoms with van der Waals surface area (Å²) in [6, 6.07) is 10.1. The van der Waals surface area contributed by atoms with Crippen LogP contribution < -0.4 is 21.7 Å². The van der Waals surface area contributed by atoms with Crippen molar-refractivity contribution >= 4 is 64.7 Å². The Labute approximate surface area is 215 Å². The van der Waals surface area contributed by atoms with Gasteiger partial charge in [0.15, 0.2) is 5.96 Å². The molecule has 2 atom stereocenters. The number of rotatable bonds is 7. The van der Waals surface area contributed by atoms with Crippen LogP contribution in [0, 0.1) is 12.3 Å². The Kier molecular flexibility index (Phi) is 10.3. The number of fused-ring (bicyclic) bond motifs is 1. The van der Waals surface area contributed by atoms with E-state index in [1.165, 1.54) is 4.88 Å². The molecule has 1 fully saturated rings. The highest BCUT2D eigenvalue weighted by molar-refractivity contribution is 7.09. The highest BCUT2D eigenvalue weighted by Gasteiger charge is 2.27. The van der Waals surface area contributed by atoms with Gasteiger partial charge in [-0.25, -0.2) is 9.97 Å². The lowest BCUT2D eigenvalue weighted by Gasteiger charge is -2.33. The van der Waals surface area contributed by atoms with E-state index < -0.39 is 0 Å². The summed E-state index contributed by atoms with van der Waals surface area (Å²) in [5, 5.41) is 20.1. The highest BCUT2D eigenvalue weighted by atomic mass is 35.5. The van der Waals surface area contributed by atoms with Crippen molar-refractivity contribution in [2.75, 3.05) is 11.9 Å². The summed E-state index contributed by atoms with van der Waals surface area (Å²) in [5.41, 5.74) is 7.42. The third kappa shape index (κ3) is 6.94. The fraction of sp³-hybridized carbons (Fsp3) is 0.391. The van der Waals surface area contributed by atoms with E-state index in [2.05, 4.69) is 32.0 Å². The molecule has 1 aromatic carbocycles. The molecule has 2 aromatic heterocycles. The second-order valence-electron chi connectivity index (χ2n) is 8.20. The lowest BCUT2D eigenvalue weighted by Crippen LogP contribution is -2.50. The van der Waals surface area contributed by atoms with Crippen molar-refractivity contribution in [3.63, 3.8) is 0 Å². The largest absolute Gasteiger partial charge is 0.370 e. The first kappa shape index (κ1) is 27.6. The van der Waals surface area contributed by atoms with E-state index >= 15 is 0 Å². The first-order valence-corrected chi connectivity index (χ1v) is 11.8. The normalized spacial score (nSPS) is 17.2. The number of hydrogen-bond donors (Lipinski definition) is 5. The Morgan fingerprint density at radius 3 is 2.65 bits per heavy atom. The Balaban J connectivity index is 0.00000204. The standard InChI is InChI=1S/C23H29N7OS.2ClH/c1-14-8-9-17-16(13-14)20(28-18-6-2-3-7-19(18)29-23(24)25)30-21(27-17)22(31)26-11-10-15-5-4-12-32-15;;/h4-5,8-9,12-13,18-19H,2-3,6-7,10-11H2,1H3,(H,26,31)(H4,24,25,29)(H,27,28,30);2*1H/t18-,19+;;/m0../s1. The molecule has 0 saturated heterocycles. The van der Waals surface area contributed by atoms with Crippen LogP contribution >= 0.6 is 36.2 Å². The number of guanidine groups is 1. The molecule has 0 unspecified atom stereocenters. The molecule has 6 N–H and O–H groups in total. The van der Waals surface area contributed by atoms with Crippen molar-refractivity contribution in [1.29, 1.82) is 5.41 Å². The molecule has 3 aromatic rings. The van der Waals surface area contributed by atoms with E-state index in [0.29, 0.717) is 12.4 Å². The van der Waals surface area contributed by atoms with Crippen molar-refractivity contribution in [1.82, 2.24) is 20.6 Å². The lowest BCUT2D eigenvalue weighted by atomic mass is 9.90. The molecule has 1 amide bonds. The van der Waals surface area contributed by atoms with Gasteiger partial charge in [0.25, 0.3) is 5.91 Å². The second-order valence-corrected chi connectivity index (χ2v) is 9.23. The lowest BCUT2D eigenvalue weighted by molar-refractivity contribution is 0.0944. The predicted octanol–water partition coefficient (Wildman–Crippen LogP) is 4.02. The minimum absolute atomic E-state index is 0. The first-order chi connectivity index (χ1) is 15.5. The molecule has 0 bridgehead atoms. The monoisotopic (exact) mass is 523 g/mol. The molecular formula is C23H31Cl2N7OS. The first-order valence-electron chi connectivity index (χ1n) is 11.0. The van der Waals surface area contributed by atoms with E-state index in [0.717, 1.165) is 48.6 Å². The van der Waals surface area contributed by atoms with Gasteiger partial charge >= 0.3 is 0 Å². The number of aryl methyl sites for hydroxylation is 1. The fourth-order valence-electron chi connectivity index (χ4n) is 4.14. The third-order valence-electron chi connectivity index (χ3n) is 5.72. The second kappa shape index (κ2) is 12.7. The van der Waals surface area contributed by atoms with Gasteiger partial charge < -0.3 is 21.7 Å². The van der Waals surface area contributed by atoms with E-state index in [4.69, 9.17) is 11.1 Å². The number of nitrogens with two attached hydrogens (primary N) is 1. The van der Waals surface area contributed by atoms with Crippen molar-refractivity contribution in [3.05, 3.63) is 52.0 Å².